The third-order valence-electron chi connectivity index (χ3n) is 6.04. The van der Waals surface area contributed by atoms with Crippen LogP contribution in [0.5, 0.6) is 5.75 Å². The second-order valence-corrected chi connectivity index (χ2v) is 7.66. The van der Waals surface area contributed by atoms with Crippen LogP contribution in [0.4, 0.5) is 0 Å². The van der Waals surface area contributed by atoms with Crippen molar-refractivity contribution in [2.45, 2.75) is 56.5 Å². The van der Waals surface area contributed by atoms with Crippen molar-refractivity contribution in [3.8, 4) is 5.75 Å². The summed E-state index contributed by atoms with van der Waals surface area (Å²) in [6.45, 7) is 0.811. The molecule has 0 radical (unpaired) electrons. The first-order chi connectivity index (χ1) is 12.5. The van der Waals surface area contributed by atoms with E-state index in [2.05, 4.69) is 16.0 Å². The monoisotopic (exact) mass is 357 g/mol. The van der Waals surface area contributed by atoms with Gasteiger partial charge >= 0.3 is 0 Å². The average molecular weight is 357 g/mol. The number of aryl methyl sites for hydroxylation is 1. The van der Waals surface area contributed by atoms with Gasteiger partial charge in [-0.3, -0.25) is 4.90 Å². The number of hydrogen-bond acceptors (Lipinski definition) is 5. The zero-order valence-electron chi connectivity index (χ0n) is 15.4. The predicted octanol–water partition coefficient (Wildman–Crippen LogP) is 1.94. The number of methoxy groups -OCH3 is 1. The maximum Gasteiger partial charge on any atom is 0.140 e. The molecular formula is C20H27N3O3. The molecule has 2 N–H and O–H groups in total. The van der Waals surface area contributed by atoms with Crippen LogP contribution in [0.3, 0.4) is 0 Å². The topological polar surface area (TPSA) is 70.8 Å². The molecule has 26 heavy (non-hydrogen) atoms. The molecule has 0 aliphatic carbocycles. The Balaban J connectivity index is 1.53. The minimum absolute atomic E-state index is 0.0250. The van der Waals surface area contributed by atoms with Crippen molar-refractivity contribution in [3.05, 3.63) is 47.5 Å². The van der Waals surface area contributed by atoms with E-state index in [1.54, 1.807) is 13.3 Å². The number of aliphatic hydroxyl groups is 2. The number of ether oxygens (including phenoxy) is 1. The molecule has 0 saturated carbocycles. The van der Waals surface area contributed by atoms with Gasteiger partial charge in [-0.25, -0.2) is 4.98 Å². The number of hydrogen-bond donors (Lipinski definition) is 2. The van der Waals surface area contributed by atoms with Crippen LogP contribution >= 0.6 is 0 Å². The fourth-order valence-electron chi connectivity index (χ4n) is 4.84. The average Bonchev–Trinajstić information content (AvgIpc) is 3.17. The van der Waals surface area contributed by atoms with Crippen LogP contribution < -0.4 is 4.74 Å². The van der Waals surface area contributed by atoms with Gasteiger partial charge < -0.3 is 19.5 Å². The van der Waals surface area contributed by atoms with Crippen LogP contribution in [-0.4, -0.2) is 43.9 Å². The summed E-state index contributed by atoms with van der Waals surface area (Å²) >= 11 is 0. The quantitative estimate of drug-likeness (QED) is 0.856. The Labute approximate surface area is 154 Å². The zero-order valence-corrected chi connectivity index (χ0v) is 15.4. The summed E-state index contributed by atoms with van der Waals surface area (Å²) in [5.74, 6) is 1.50. The van der Waals surface area contributed by atoms with E-state index in [0.29, 0.717) is 12.1 Å². The number of nitrogens with zero attached hydrogens (tertiary/aromatic N) is 3. The number of benzene rings is 1. The van der Waals surface area contributed by atoms with Crippen LogP contribution in [0.15, 0.2) is 30.6 Å². The van der Waals surface area contributed by atoms with Crippen molar-refractivity contribution in [2.75, 3.05) is 7.11 Å². The molecule has 1 unspecified atom stereocenters. The highest BCUT2D eigenvalue weighted by molar-refractivity contribution is 5.37. The van der Waals surface area contributed by atoms with Gasteiger partial charge in [-0.15, -0.1) is 0 Å². The molecule has 3 heterocycles. The van der Waals surface area contributed by atoms with Crippen LogP contribution in [0, 0.1) is 0 Å². The molecule has 0 spiro atoms. The molecule has 2 fully saturated rings. The summed E-state index contributed by atoms with van der Waals surface area (Å²) in [6, 6.07) is 6.73. The predicted molar refractivity (Wildman–Crippen MR) is 97.6 cm³/mol. The number of rotatable bonds is 5. The molecule has 2 aliphatic heterocycles. The molecule has 3 atom stereocenters. The van der Waals surface area contributed by atoms with Crippen molar-refractivity contribution in [2.24, 2.45) is 7.05 Å². The van der Waals surface area contributed by atoms with E-state index in [0.717, 1.165) is 49.4 Å². The van der Waals surface area contributed by atoms with Gasteiger partial charge in [0.1, 0.15) is 17.2 Å². The lowest BCUT2D eigenvalue weighted by atomic mass is 9.85. The number of piperidine rings is 1. The number of aliphatic hydroxyl groups excluding tert-OH is 1. The Morgan fingerprint density at radius 2 is 2.00 bits per heavy atom. The summed E-state index contributed by atoms with van der Waals surface area (Å²) in [7, 11) is 3.57. The highest BCUT2D eigenvalue weighted by Gasteiger charge is 2.49. The molecule has 6 nitrogen and oxygen atoms in total. The molecule has 2 saturated heterocycles. The van der Waals surface area contributed by atoms with Crippen LogP contribution in [0.2, 0.25) is 0 Å². The summed E-state index contributed by atoms with van der Waals surface area (Å²) < 4.78 is 7.24. The van der Waals surface area contributed by atoms with Gasteiger partial charge in [0, 0.05) is 43.6 Å². The summed E-state index contributed by atoms with van der Waals surface area (Å²) in [4.78, 5) is 6.93. The van der Waals surface area contributed by atoms with Crippen LogP contribution in [0.25, 0.3) is 0 Å². The van der Waals surface area contributed by atoms with Crippen molar-refractivity contribution < 1.29 is 14.9 Å². The first-order valence-electron chi connectivity index (χ1n) is 9.26. The second-order valence-electron chi connectivity index (χ2n) is 7.66. The third-order valence-corrected chi connectivity index (χ3v) is 6.04. The molecule has 1 aromatic carbocycles. The van der Waals surface area contributed by atoms with Gasteiger partial charge in [-0.2, -0.15) is 0 Å². The second kappa shape index (κ2) is 6.68. The van der Waals surface area contributed by atoms with Crippen molar-refractivity contribution in [1.29, 1.82) is 0 Å². The van der Waals surface area contributed by atoms with E-state index < -0.39 is 5.60 Å². The van der Waals surface area contributed by atoms with E-state index in [1.807, 2.05) is 29.9 Å². The largest absolute Gasteiger partial charge is 0.496 e. The Morgan fingerprint density at radius 1 is 1.27 bits per heavy atom. The van der Waals surface area contributed by atoms with Crippen molar-refractivity contribution >= 4 is 0 Å². The molecule has 2 aromatic rings. The zero-order chi connectivity index (χ0) is 18.3. The van der Waals surface area contributed by atoms with E-state index in [-0.39, 0.29) is 6.61 Å². The maximum atomic E-state index is 11.3. The normalized spacial score (nSPS) is 28.5. The minimum atomic E-state index is -0.837. The number of imidazole rings is 1. The van der Waals surface area contributed by atoms with Gasteiger partial charge in [-0.1, -0.05) is 6.07 Å². The van der Waals surface area contributed by atoms with E-state index in [9.17, 15) is 10.2 Å². The maximum absolute atomic E-state index is 11.3. The van der Waals surface area contributed by atoms with Gasteiger partial charge in [-0.05, 0) is 43.4 Å². The molecule has 2 aliphatic rings. The fraction of sp³-hybridized carbons (Fsp3) is 0.550. The summed E-state index contributed by atoms with van der Waals surface area (Å²) in [6.07, 6.45) is 7.32. The lowest BCUT2D eigenvalue weighted by Crippen LogP contribution is -2.50. The van der Waals surface area contributed by atoms with Gasteiger partial charge in [0.2, 0.25) is 0 Å². The van der Waals surface area contributed by atoms with Gasteiger partial charge in [0.25, 0.3) is 0 Å². The van der Waals surface area contributed by atoms with Crippen LogP contribution in [-0.2, 0) is 25.8 Å². The van der Waals surface area contributed by atoms with Crippen molar-refractivity contribution in [1.82, 2.24) is 14.5 Å². The summed E-state index contributed by atoms with van der Waals surface area (Å²) in [5, 5.41) is 20.8. The standard InChI is InChI=1S/C20H27N3O3/c1-22-8-7-21-19(22)20(25)10-16-4-5-17(11-20)23(16)12-14-3-6-18(26-2)15(9-14)13-24/h3,6-9,16-17,24-25H,4-5,10-13H2,1-2H3/t16-,17+,20?. The molecule has 140 valence electrons. The highest BCUT2D eigenvalue weighted by atomic mass is 16.5. The minimum Gasteiger partial charge on any atom is -0.496 e. The van der Waals surface area contributed by atoms with E-state index in [4.69, 9.17) is 4.74 Å². The SMILES string of the molecule is COc1ccc(CN2[C@@H]3CC[C@H]2CC(O)(c2nccn2C)C3)cc1CO. The smallest absolute Gasteiger partial charge is 0.140 e. The Morgan fingerprint density at radius 3 is 2.58 bits per heavy atom. The molecule has 6 heteroatoms. The Hall–Kier alpha value is -1.89. The van der Waals surface area contributed by atoms with Gasteiger partial charge in [0.05, 0.1) is 13.7 Å². The van der Waals surface area contributed by atoms with E-state index >= 15 is 0 Å². The van der Waals surface area contributed by atoms with E-state index in [1.165, 1.54) is 5.56 Å². The van der Waals surface area contributed by atoms with Crippen molar-refractivity contribution in [3.63, 3.8) is 0 Å². The lowest BCUT2D eigenvalue weighted by Gasteiger charge is -2.43. The van der Waals surface area contributed by atoms with Gasteiger partial charge in [0.15, 0.2) is 0 Å². The Bertz CT molecular complexity index is 774. The molecule has 0 amide bonds. The first kappa shape index (κ1) is 17.5. The molecule has 2 bridgehead atoms. The summed E-state index contributed by atoms with van der Waals surface area (Å²) in [5.41, 5.74) is 1.16. The molecule has 1 aromatic heterocycles. The van der Waals surface area contributed by atoms with Crippen LogP contribution in [0.1, 0.15) is 42.6 Å². The third kappa shape index (κ3) is 2.92. The molecular weight excluding hydrogens is 330 g/mol. The molecule has 4 rings (SSSR count). The highest BCUT2D eigenvalue weighted by Crippen LogP contribution is 2.45. The first-order valence-corrected chi connectivity index (χ1v) is 9.26. The number of fused-ring (bicyclic) bond motifs is 2. The number of aromatic nitrogens is 2. The Kier molecular flexibility index (Phi) is 4.50. The fourth-order valence-corrected chi connectivity index (χ4v) is 4.84. The lowest BCUT2D eigenvalue weighted by molar-refractivity contribution is -0.0669.